The number of nitrogens with zero attached hydrogens (tertiary/aromatic N) is 1. The van der Waals surface area contributed by atoms with E-state index in [0.29, 0.717) is 17.7 Å². The van der Waals surface area contributed by atoms with Crippen molar-refractivity contribution in [3.8, 4) is 0 Å². The Hall–Kier alpha value is -2.70. The smallest absolute Gasteiger partial charge is 0.333 e. The number of ether oxygens (including phenoxy) is 1. The molecule has 7 heteroatoms. The zero-order chi connectivity index (χ0) is 18.6. The minimum Gasteiger partial charge on any atom is -0.458 e. The Labute approximate surface area is 145 Å². The monoisotopic (exact) mass is 348 g/mol. The van der Waals surface area contributed by atoms with Crippen molar-refractivity contribution in [1.29, 1.82) is 0 Å². The van der Waals surface area contributed by atoms with E-state index in [0.717, 1.165) is 0 Å². The average Bonchev–Trinajstić information content (AvgIpc) is 3.00. The fourth-order valence-corrected chi connectivity index (χ4v) is 2.20. The van der Waals surface area contributed by atoms with Crippen LogP contribution in [0.2, 0.25) is 0 Å². The van der Waals surface area contributed by atoms with Crippen molar-refractivity contribution in [2.24, 2.45) is 0 Å². The lowest BCUT2D eigenvalue weighted by molar-refractivity contribution is -0.157. The quantitative estimate of drug-likeness (QED) is 0.839. The number of hydrogen-bond donors (Lipinski definition) is 1. The van der Waals surface area contributed by atoms with Gasteiger partial charge in [-0.05, 0) is 44.9 Å². The third kappa shape index (κ3) is 4.89. The number of rotatable bonds is 5. The number of esters is 1. The standard InChI is InChI=1S/C18H21FN2O4/c1-5-14-13(10-24-21-14)16(22)20-15(17(23)25-18(2,3)4)11-6-8-12(19)9-7-11/h6-10,15H,5H2,1-4H3,(H,20,22). The van der Waals surface area contributed by atoms with E-state index in [2.05, 4.69) is 10.5 Å². The summed E-state index contributed by atoms with van der Waals surface area (Å²) in [6.07, 6.45) is 1.73. The molecule has 134 valence electrons. The highest BCUT2D eigenvalue weighted by Gasteiger charge is 2.29. The number of halogens is 1. The van der Waals surface area contributed by atoms with E-state index in [4.69, 9.17) is 9.26 Å². The summed E-state index contributed by atoms with van der Waals surface area (Å²) in [6, 6.07) is 4.22. The SMILES string of the molecule is CCc1nocc1C(=O)NC(C(=O)OC(C)(C)C)c1ccc(F)cc1. The van der Waals surface area contributed by atoms with Gasteiger partial charge in [0.25, 0.3) is 5.91 Å². The normalized spacial score (nSPS) is 12.5. The van der Waals surface area contributed by atoms with Crippen molar-refractivity contribution in [2.45, 2.75) is 45.8 Å². The van der Waals surface area contributed by atoms with Gasteiger partial charge in [-0.15, -0.1) is 0 Å². The minimum atomic E-state index is -1.08. The first-order chi connectivity index (χ1) is 11.7. The van der Waals surface area contributed by atoms with E-state index in [9.17, 15) is 14.0 Å². The molecule has 1 heterocycles. The summed E-state index contributed by atoms with van der Waals surface area (Å²) in [5.74, 6) is -1.59. The molecule has 0 radical (unpaired) electrons. The molecule has 0 aliphatic heterocycles. The number of nitrogens with one attached hydrogen (secondary N) is 1. The predicted octanol–water partition coefficient (Wildman–Crippen LogP) is 3.19. The summed E-state index contributed by atoms with van der Waals surface area (Å²) >= 11 is 0. The van der Waals surface area contributed by atoms with Gasteiger partial charge in [0.2, 0.25) is 0 Å². The second-order valence-electron chi connectivity index (χ2n) is 6.52. The van der Waals surface area contributed by atoms with Crippen LogP contribution in [0.1, 0.15) is 55.4 Å². The van der Waals surface area contributed by atoms with Crippen molar-refractivity contribution >= 4 is 11.9 Å². The lowest BCUT2D eigenvalue weighted by Crippen LogP contribution is -2.38. The number of benzene rings is 1. The Kier molecular flexibility index (Phi) is 5.56. The van der Waals surface area contributed by atoms with Crippen LogP contribution in [0.5, 0.6) is 0 Å². The van der Waals surface area contributed by atoms with Gasteiger partial charge in [0.15, 0.2) is 6.04 Å². The molecule has 0 fully saturated rings. The fraction of sp³-hybridized carbons (Fsp3) is 0.389. The van der Waals surface area contributed by atoms with Gasteiger partial charge in [0, 0.05) is 0 Å². The molecular weight excluding hydrogens is 327 g/mol. The molecule has 1 aromatic carbocycles. The first-order valence-corrected chi connectivity index (χ1v) is 7.93. The Morgan fingerprint density at radius 2 is 1.92 bits per heavy atom. The Morgan fingerprint density at radius 3 is 2.48 bits per heavy atom. The first-order valence-electron chi connectivity index (χ1n) is 7.93. The van der Waals surface area contributed by atoms with Gasteiger partial charge in [-0.1, -0.05) is 24.2 Å². The van der Waals surface area contributed by atoms with Gasteiger partial charge < -0.3 is 14.6 Å². The summed E-state index contributed by atoms with van der Waals surface area (Å²) in [4.78, 5) is 25.0. The summed E-state index contributed by atoms with van der Waals surface area (Å²) in [5.41, 5.74) is 0.419. The van der Waals surface area contributed by atoms with Crippen LogP contribution in [0.4, 0.5) is 4.39 Å². The highest BCUT2D eigenvalue weighted by molar-refractivity contribution is 5.97. The van der Waals surface area contributed by atoms with Crippen molar-refractivity contribution in [2.75, 3.05) is 0 Å². The Morgan fingerprint density at radius 1 is 1.28 bits per heavy atom. The van der Waals surface area contributed by atoms with Crippen molar-refractivity contribution in [1.82, 2.24) is 10.5 Å². The number of carbonyl (C=O) groups is 2. The van der Waals surface area contributed by atoms with Gasteiger partial charge in [-0.25, -0.2) is 9.18 Å². The third-order valence-corrected chi connectivity index (χ3v) is 3.35. The van der Waals surface area contributed by atoms with Crippen molar-refractivity contribution in [3.05, 3.63) is 53.2 Å². The number of aryl methyl sites for hydroxylation is 1. The van der Waals surface area contributed by atoms with Crippen LogP contribution in [0, 0.1) is 5.82 Å². The van der Waals surface area contributed by atoms with E-state index < -0.39 is 29.3 Å². The number of hydrogen-bond acceptors (Lipinski definition) is 5. The van der Waals surface area contributed by atoms with E-state index in [-0.39, 0.29) is 5.56 Å². The Bertz CT molecular complexity index is 747. The van der Waals surface area contributed by atoms with Crippen LogP contribution in [0.15, 0.2) is 35.1 Å². The molecule has 1 aromatic heterocycles. The highest BCUT2D eigenvalue weighted by Crippen LogP contribution is 2.20. The molecule has 0 aliphatic rings. The molecule has 0 spiro atoms. The molecule has 0 bridgehead atoms. The topological polar surface area (TPSA) is 81.4 Å². The van der Waals surface area contributed by atoms with Crippen LogP contribution in [0.3, 0.4) is 0 Å². The maximum absolute atomic E-state index is 13.2. The molecule has 25 heavy (non-hydrogen) atoms. The maximum Gasteiger partial charge on any atom is 0.333 e. The van der Waals surface area contributed by atoms with Crippen LogP contribution in [-0.2, 0) is 16.0 Å². The summed E-state index contributed by atoms with van der Waals surface area (Å²) < 4.78 is 23.4. The van der Waals surface area contributed by atoms with Gasteiger partial charge in [0.1, 0.15) is 23.2 Å². The molecule has 6 nitrogen and oxygen atoms in total. The predicted molar refractivity (Wildman–Crippen MR) is 88.3 cm³/mol. The zero-order valence-corrected chi connectivity index (χ0v) is 14.6. The lowest BCUT2D eigenvalue weighted by atomic mass is 10.1. The second kappa shape index (κ2) is 7.46. The van der Waals surface area contributed by atoms with Crippen LogP contribution < -0.4 is 5.32 Å². The molecular formula is C18H21FN2O4. The first kappa shape index (κ1) is 18.6. The fourth-order valence-electron chi connectivity index (χ4n) is 2.20. The van der Waals surface area contributed by atoms with Gasteiger partial charge >= 0.3 is 5.97 Å². The van der Waals surface area contributed by atoms with E-state index in [1.165, 1.54) is 30.5 Å². The van der Waals surface area contributed by atoms with Crippen molar-refractivity contribution in [3.63, 3.8) is 0 Å². The Balaban J connectivity index is 2.29. The number of aromatic nitrogens is 1. The van der Waals surface area contributed by atoms with Crippen LogP contribution in [0.25, 0.3) is 0 Å². The van der Waals surface area contributed by atoms with Gasteiger partial charge in [0.05, 0.1) is 5.69 Å². The molecule has 1 N–H and O–H groups in total. The number of amides is 1. The van der Waals surface area contributed by atoms with Crippen LogP contribution >= 0.6 is 0 Å². The minimum absolute atomic E-state index is 0.248. The third-order valence-electron chi connectivity index (χ3n) is 3.35. The van der Waals surface area contributed by atoms with E-state index >= 15 is 0 Å². The molecule has 2 aromatic rings. The maximum atomic E-state index is 13.2. The second-order valence-corrected chi connectivity index (χ2v) is 6.52. The highest BCUT2D eigenvalue weighted by atomic mass is 19.1. The molecule has 0 saturated heterocycles. The largest absolute Gasteiger partial charge is 0.458 e. The molecule has 0 saturated carbocycles. The molecule has 1 atom stereocenters. The summed E-state index contributed by atoms with van der Waals surface area (Å²) in [7, 11) is 0. The molecule has 0 aliphatic carbocycles. The van der Waals surface area contributed by atoms with Gasteiger partial charge in [-0.2, -0.15) is 0 Å². The lowest BCUT2D eigenvalue weighted by Gasteiger charge is -2.24. The molecule has 2 rings (SSSR count). The van der Waals surface area contributed by atoms with E-state index in [1.54, 1.807) is 20.8 Å². The van der Waals surface area contributed by atoms with Crippen molar-refractivity contribution < 1.29 is 23.2 Å². The summed E-state index contributed by atoms with van der Waals surface area (Å²) in [5, 5.41) is 6.37. The number of carbonyl (C=O) groups excluding carboxylic acids is 2. The zero-order valence-electron chi connectivity index (χ0n) is 14.6. The van der Waals surface area contributed by atoms with E-state index in [1.807, 2.05) is 6.92 Å². The average molecular weight is 348 g/mol. The molecule has 1 unspecified atom stereocenters. The van der Waals surface area contributed by atoms with Crippen LogP contribution in [-0.4, -0.2) is 22.6 Å². The molecule has 1 amide bonds. The summed E-state index contributed by atoms with van der Waals surface area (Å²) in [6.45, 7) is 7.01. The van der Waals surface area contributed by atoms with Gasteiger partial charge in [-0.3, -0.25) is 4.79 Å².